The highest BCUT2D eigenvalue weighted by molar-refractivity contribution is 7.46. The molecule has 12 nitrogen and oxygen atoms in total. The van der Waals surface area contributed by atoms with Crippen LogP contribution in [0.25, 0.3) is 0 Å². The van der Waals surface area contributed by atoms with Crippen molar-refractivity contribution in [3.63, 3.8) is 0 Å². The molecule has 0 saturated carbocycles. The van der Waals surface area contributed by atoms with E-state index in [0.29, 0.717) is 79.3 Å². The van der Waals surface area contributed by atoms with E-state index in [9.17, 15) is 4.57 Å². The van der Waals surface area contributed by atoms with Crippen LogP contribution >= 0.6 is 7.82 Å². The first-order chi connectivity index (χ1) is 16.0. The summed E-state index contributed by atoms with van der Waals surface area (Å²) in [7, 11) is -1.20. The van der Waals surface area contributed by atoms with Crippen molar-refractivity contribution >= 4 is 7.82 Å². The summed E-state index contributed by atoms with van der Waals surface area (Å²) in [5.41, 5.74) is 0. The number of ether oxygens (including phenoxy) is 8. The maximum atomic E-state index is 10.6. The Balaban J connectivity index is 3.91. The zero-order valence-electron chi connectivity index (χ0n) is 20.0. The van der Waals surface area contributed by atoms with Gasteiger partial charge in [0, 0.05) is 27.4 Å². The van der Waals surface area contributed by atoms with E-state index in [-0.39, 0.29) is 19.3 Å². The Labute approximate surface area is 197 Å². The Kier molecular flexibility index (Phi) is 24.7. The standard InChI is InChI=1S/C20H43O12P/c1-24-8-10-28-14-12-26-6-3-4-20(5-7-27-13-15-29-11-9-25-2)31-18-16-30-17-19-32-33(21,22)23/h20H,3-19H2,1-2H3,(H2,21,22,23). The van der Waals surface area contributed by atoms with Crippen LogP contribution in [0.5, 0.6) is 0 Å². The van der Waals surface area contributed by atoms with E-state index in [1.54, 1.807) is 14.2 Å². The van der Waals surface area contributed by atoms with Gasteiger partial charge in [-0.1, -0.05) is 0 Å². The molecule has 0 aromatic rings. The Morgan fingerprint density at radius 2 is 1.03 bits per heavy atom. The monoisotopic (exact) mass is 506 g/mol. The molecule has 0 aliphatic carbocycles. The van der Waals surface area contributed by atoms with Gasteiger partial charge in [0.1, 0.15) is 0 Å². The third-order valence-corrected chi connectivity index (χ3v) is 4.59. The molecule has 0 aliphatic rings. The molecule has 2 N–H and O–H groups in total. The quantitative estimate of drug-likeness (QED) is 0.121. The molecule has 200 valence electrons. The lowest BCUT2D eigenvalue weighted by Gasteiger charge is -2.18. The van der Waals surface area contributed by atoms with Crippen molar-refractivity contribution in [2.75, 3.05) is 107 Å². The van der Waals surface area contributed by atoms with Gasteiger partial charge in [-0.25, -0.2) is 4.57 Å². The minimum absolute atomic E-state index is 0.0177. The minimum atomic E-state index is -4.46. The van der Waals surface area contributed by atoms with Crippen molar-refractivity contribution in [2.45, 2.75) is 25.4 Å². The van der Waals surface area contributed by atoms with Gasteiger partial charge >= 0.3 is 7.82 Å². The fourth-order valence-electron chi connectivity index (χ4n) is 2.46. The van der Waals surface area contributed by atoms with E-state index in [2.05, 4.69) is 4.52 Å². The fraction of sp³-hybridized carbons (Fsp3) is 1.00. The average Bonchev–Trinajstić information content (AvgIpc) is 2.77. The lowest BCUT2D eigenvalue weighted by molar-refractivity contribution is -0.0292. The molecule has 1 atom stereocenters. The van der Waals surface area contributed by atoms with Gasteiger partial charge in [0.05, 0.1) is 85.4 Å². The second kappa shape index (κ2) is 24.9. The van der Waals surface area contributed by atoms with E-state index in [0.717, 1.165) is 19.3 Å². The van der Waals surface area contributed by atoms with Crippen molar-refractivity contribution in [1.82, 2.24) is 0 Å². The maximum Gasteiger partial charge on any atom is 0.469 e. The zero-order chi connectivity index (χ0) is 24.5. The summed E-state index contributed by atoms with van der Waals surface area (Å²) in [6, 6.07) is 0. The Bertz CT molecular complexity index is 437. The molecular formula is C20H43O12P. The van der Waals surface area contributed by atoms with E-state index < -0.39 is 7.82 Å². The highest BCUT2D eigenvalue weighted by Crippen LogP contribution is 2.35. The molecule has 0 radical (unpaired) electrons. The Morgan fingerprint density at radius 1 is 0.576 bits per heavy atom. The summed E-state index contributed by atoms with van der Waals surface area (Å²) in [5.74, 6) is 0. The largest absolute Gasteiger partial charge is 0.469 e. The highest BCUT2D eigenvalue weighted by atomic mass is 31.2. The molecule has 0 heterocycles. The predicted molar refractivity (Wildman–Crippen MR) is 119 cm³/mol. The summed E-state index contributed by atoms with van der Waals surface area (Å²) in [4.78, 5) is 17.2. The number of hydrogen-bond donors (Lipinski definition) is 2. The summed E-state index contributed by atoms with van der Waals surface area (Å²) in [5, 5.41) is 0. The van der Waals surface area contributed by atoms with Crippen molar-refractivity contribution in [3.05, 3.63) is 0 Å². The summed E-state index contributed by atoms with van der Waals surface area (Å²) in [6.07, 6.45) is 2.34. The lowest BCUT2D eigenvalue weighted by atomic mass is 10.1. The van der Waals surface area contributed by atoms with Gasteiger partial charge in [-0.2, -0.15) is 0 Å². The van der Waals surface area contributed by atoms with Crippen molar-refractivity contribution < 1.29 is 56.8 Å². The number of phosphoric ester groups is 1. The van der Waals surface area contributed by atoms with Crippen LogP contribution in [0.2, 0.25) is 0 Å². The topological polar surface area (TPSA) is 141 Å². The predicted octanol–water partition coefficient (Wildman–Crippen LogP) is 1.03. The van der Waals surface area contributed by atoms with Gasteiger partial charge in [0.25, 0.3) is 0 Å². The van der Waals surface area contributed by atoms with E-state index in [1.165, 1.54) is 0 Å². The number of methoxy groups -OCH3 is 2. The van der Waals surface area contributed by atoms with Gasteiger partial charge in [0.15, 0.2) is 0 Å². The van der Waals surface area contributed by atoms with E-state index in [1.807, 2.05) is 0 Å². The fourth-order valence-corrected chi connectivity index (χ4v) is 2.77. The van der Waals surface area contributed by atoms with Crippen LogP contribution in [0.3, 0.4) is 0 Å². The number of hydrogen-bond acceptors (Lipinski definition) is 10. The third kappa shape index (κ3) is 27.9. The summed E-state index contributed by atoms with van der Waals surface area (Å²) >= 11 is 0. The summed E-state index contributed by atoms with van der Waals surface area (Å²) < 4.78 is 57.7. The molecule has 13 heteroatoms. The van der Waals surface area contributed by atoms with Crippen LogP contribution in [0.4, 0.5) is 0 Å². The van der Waals surface area contributed by atoms with Crippen molar-refractivity contribution in [3.8, 4) is 0 Å². The van der Waals surface area contributed by atoms with Gasteiger partial charge in [-0.3, -0.25) is 4.52 Å². The zero-order valence-corrected chi connectivity index (χ0v) is 20.9. The van der Waals surface area contributed by atoms with Crippen molar-refractivity contribution in [2.24, 2.45) is 0 Å². The normalized spacial score (nSPS) is 13.0. The molecule has 0 bridgehead atoms. The second-order valence-corrected chi connectivity index (χ2v) is 8.03. The summed E-state index contributed by atoms with van der Waals surface area (Å²) in [6.45, 7) is 6.02. The van der Waals surface area contributed by atoms with Crippen molar-refractivity contribution in [1.29, 1.82) is 0 Å². The van der Waals surface area contributed by atoms with Gasteiger partial charge < -0.3 is 47.7 Å². The Morgan fingerprint density at radius 3 is 1.58 bits per heavy atom. The van der Waals surface area contributed by atoms with Crippen LogP contribution in [-0.2, 0) is 47.0 Å². The molecule has 0 aromatic carbocycles. The molecule has 0 amide bonds. The smallest absolute Gasteiger partial charge is 0.382 e. The van der Waals surface area contributed by atoms with Gasteiger partial charge in [0.2, 0.25) is 0 Å². The highest BCUT2D eigenvalue weighted by Gasteiger charge is 2.13. The first kappa shape index (κ1) is 32.8. The molecule has 0 aromatic heterocycles. The molecule has 0 spiro atoms. The van der Waals surface area contributed by atoms with Crippen LogP contribution in [0, 0.1) is 0 Å². The molecular weight excluding hydrogens is 463 g/mol. The van der Waals surface area contributed by atoms with Gasteiger partial charge in [-0.15, -0.1) is 0 Å². The second-order valence-electron chi connectivity index (χ2n) is 6.79. The minimum Gasteiger partial charge on any atom is -0.382 e. The molecule has 33 heavy (non-hydrogen) atoms. The first-order valence-electron chi connectivity index (χ1n) is 11.2. The maximum absolute atomic E-state index is 10.6. The number of phosphoric acid groups is 1. The van der Waals surface area contributed by atoms with E-state index >= 15 is 0 Å². The molecule has 0 saturated heterocycles. The Hall–Kier alpha value is -0.210. The van der Waals surface area contributed by atoms with E-state index in [4.69, 9.17) is 47.7 Å². The average molecular weight is 507 g/mol. The third-order valence-electron chi connectivity index (χ3n) is 4.07. The van der Waals surface area contributed by atoms with Crippen LogP contribution in [0.15, 0.2) is 0 Å². The lowest BCUT2D eigenvalue weighted by Crippen LogP contribution is -2.20. The SMILES string of the molecule is COCCOCCOCCCC(CCOCCOCCOC)OCCOCCOP(=O)(O)O. The number of rotatable bonds is 27. The molecule has 0 rings (SSSR count). The van der Waals surface area contributed by atoms with Crippen LogP contribution in [0.1, 0.15) is 19.3 Å². The first-order valence-corrected chi connectivity index (χ1v) is 12.7. The van der Waals surface area contributed by atoms with Gasteiger partial charge in [-0.05, 0) is 19.3 Å². The van der Waals surface area contributed by atoms with Crippen LogP contribution in [-0.4, -0.2) is 123 Å². The molecule has 1 unspecified atom stereocenters. The molecule has 0 aliphatic heterocycles. The van der Waals surface area contributed by atoms with Crippen LogP contribution < -0.4 is 0 Å². The molecule has 0 fully saturated rings.